The minimum atomic E-state index is -1.38. The SMILES string of the molecule is O=C(COc1ccc2ccc(=O)oc2c1)N[C@H](Cc1ccccc1)C(=O)[O-]. The molecular formula is C20H16NO6-. The molecule has 1 atom stereocenters. The fourth-order valence-electron chi connectivity index (χ4n) is 2.56. The average molecular weight is 366 g/mol. The van der Waals surface area contributed by atoms with Crippen LogP contribution in [0.3, 0.4) is 0 Å². The smallest absolute Gasteiger partial charge is 0.336 e. The molecule has 0 spiro atoms. The Bertz CT molecular complexity index is 1010. The first-order valence-corrected chi connectivity index (χ1v) is 8.22. The first-order chi connectivity index (χ1) is 13.0. The molecule has 2 aromatic carbocycles. The van der Waals surface area contributed by atoms with Crippen molar-refractivity contribution in [2.75, 3.05) is 6.61 Å². The van der Waals surface area contributed by atoms with Crippen LogP contribution in [-0.4, -0.2) is 24.5 Å². The van der Waals surface area contributed by atoms with Crippen LogP contribution in [0.15, 0.2) is 69.9 Å². The molecular weight excluding hydrogens is 350 g/mol. The third-order valence-corrected chi connectivity index (χ3v) is 3.87. The van der Waals surface area contributed by atoms with Crippen LogP contribution in [0, 0.1) is 0 Å². The zero-order valence-electron chi connectivity index (χ0n) is 14.2. The number of rotatable bonds is 7. The number of aliphatic carboxylic acids is 1. The van der Waals surface area contributed by atoms with E-state index in [2.05, 4.69) is 5.32 Å². The largest absolute Gasteiger partial charge is 0.548 e. The van der Waals surface area contributed by atoms with Crippen molar-refractivity contribution in [3.8, 4) is 5.75 Å². The van der Waals surface area contributed by atoms with E-state index in [1.165, 1.54) is 12.1 Å². The second-order valence-electron chi connectivity index (χ2n) is 5.87. The molecule has 7 heteroatoms. The number of hydrogen-bond donors (Lipinski definition) is 1. The van der Waals surface area contributed by atoms with Crippen LogP contribution in [0.5, 0.6) is 5.75 Å². The van der Waals surface area contributed by atoms with E-state index in [1.807, 2.05) is 6.07 Å². The van der Waals surface area contributed by atoms with Gasteiger partial charge >= 0.3 is 5.63 Å². The molecule has 1 aromatic heterocycles. The minimum absolute atomic E-state index is 0.107. The summed E-state index contributed by atoms with van der Waals surface area (Å²) in [7, 11) is 0. The molecule has 27 heavy (non-hydrogen) atoms. The summed E-state index contributed by atoms with van der Waals surface area (Å²) in [6.07, 6.45) is 0.107. The van der Waals surface area contributed by atoms with E-state index in [4.69, 9.17) is 9.15 Å². The van der Waals surface area contributed by atoms with Gasteiger partial charge in [0.1, 0.15) is 11.3 Å². The molecule has 0 fully saturated rings. The molecule has 7 nitrogen and oxygen atoms in total. The predicted molar refractivity (Wildman–Crippen MR) is 95.1 cm³/mol. The Morgan fingerprint density at radius 2 is 1.81 bits per heavy atom. The summed E-state index contributed by atoms with van der Waals surface area (Å²) in [6.45, 7) is -0.388. The van der Waals surface area contributed by atoms with Crippen molar-refractivity contribution in [2.45, 2.75) is 12.5 Å². The summed E-state index contributed by atoms with van der Waals surface area (Å²) < 4.78 is 10.4. The van der Waals surface area contributed by atoms with Gasteiger partial charge in [-0.25, -0.2) is 4.79 Å². The van der Waals surface area contributed by atoms with E-state index < -0.39 is 23.5 Å². The summed E-state index contributed by atoms with van der Waals surface area (Å²) in [5.74, 6) is -1.66. The van der Waals surface area contributed by atoms with Crippen molar-refractivity contribution < 1.29 is 23.8 Å². The summed E-state index contributed by atoms with van der Waals surface area (Å²) in [5.41, 5.74) is 0.602. The highest BCUT2D eigenvalue weighted by Gasteiger charge is 2.15. The average Bonchev–Trinajstić information content (AvgIpc) is 2.66. The van der Waals surface area contributed by atoms with Gasteiger partial charge in [-0.2, -0.15) is 0 Å². The van der Waals surface area contributed by atoms with Gasteiger partial charge in [0.15, 0.2) is 6.61 Å². The first-order valence-electron chi connectivity index (χ1n) is 8.22. The van der Waals surface area contributed by atoms with Gasteiger partial charge < -0.3 is 24.4 Å². The number of ether oxygens (including phenoxy) is 1. The van der Waals surface area contributed by atoms with E-state index >= 15 is 0 Å². The van der Waals surface area contributed by atoms with Crippen LogP contribution >= 0.6 is 0 Å². The molecule has 0 aliphatic carbocycles. The minimum Gasteiger partial charge on any atom is -0.548 e. The van der Waals surface area contributed by atoms with Crippen LogP contribution in [0.1, 0.15) is 5.56 Å². The van der Waals surface area contributed by atoms with E-state index in [9.17, 15) is 19.5 Å². The number of nitrogens with one attached hydrogen (secondary N) is 1. The maximum Gasteiger partial charge on any atom is 0.336 e. The van der Waals surface area contributed by atoms with Crippen molar-refractivity contribution in [1.29, 1.82) is 0 Å². The number of benzene rings is 2. The lowest BCUT2D eigenvalue weighted by Gasteiger charge is -2.20. The van der Waals surface area contributed by atoms with Gasteiger partial charge in [-0.15, -0.1) is 0 Å². The zero-order chi connectivity index (χ0) is 19.2. The monoisotopic (exact) mass is 366 g/mol. The van der Waals surface area contributed by atoms with Gasteiger partial charge in [-0.3, -0.25) is 4.79 Å². The van der Waals surface area contributed by atoms with E-state index in [0.29, 0.717) is 16.7 Å². The van der Waals surface area contributed by atoms with Gasteiger partial charge in [0.05, 0.1) is 12.0 Å². The van der Waals surface area contributed by atoms with Gasteiger partial charge in [-0.1, -0.05) is 30.3 Å². The van der Waals surface area contributed by atoms with Gasteiger partial charge in [-0.05, 0) is 30.2 Å². The first kappa shape index (κ1) is 18.2. The molecule has 0 aliphatic heterocycles. The fraction of sp³-hybridized carbons (Fsp3) is 0.150. The van der Waals surface area contributed by atoms with Gasteiger partial charge in [0.25, 0.3) is 5.91 Å². The van der Waals surface area contributed by atoms with Crippen molar-refractivity contribution in [3.05, 3.63) is 76.6 Å². The van der Waals surface area contributed by atoms with Gasteiger partial charge in [0.2, 0.25) is 0 Å². The number of carboxylic acid groups (broad SMARTS) is 1. The van der Waals surface area contributed by atoms with Crippen LogP contribution < -0.4 is 20.8 Å². The molecule has 1 amide bonds. The highest BCUT2D eigenvalue weighted by molar-refractivity contribution is 5.84. The number of fused-ring (bicyclic) bond motifs is 1. The lowest BCUT2D eigenvalue weighted by molar-refractivity contribution is -0.308. The number of hydrogen-bond acceptors (Lipinski definition) is 6. The number of carboxylic acids is 1. The van der Waals surface area contributed by atoms with Crippen molar-refractivity contribution in [3.63, 3.8) is 0 Å². The molecule has 0 saturated carbocycles. The molecule has 0 radical (unpaired) electrons. The van der Waals surface area contributed by atoms with Crippen LogP contribution in [0.2, 0.25) is 0 Å². The molecule has 3 rings (SSSR count). The fourth-order valence-corrected chi connectivity index (χ4v) is 2.56. The summed E-state index contributed by atoms with van der Waals surface area (Å²) in [6, 6.07) is 15.5. The van der Waals surface area contributed by atoms with Crippen molar-refractivity contribution >= 4 is 22.8 Å². The molecule has 1 N–H and O–H groups in total. The Morgan fingerprint density at radius 1 is 1.07 bits per heavy atom. The summed E-state index contributed by atoms with van der Waals surface area (Å²) >= 11 is 0. The Hall–Kier alpha value is -3.61. The Labute approximate surface area is 154 Å². The molecule has 0 saturated heterocycles. The Balaban J connectivity index is 1.61. The third-order valence-electron chi connectivity index (χ3n) is 3.87. The lowest BCUT2D eigenvalue weighted by atomic mass is 10.1. The van der Waals surface area contributed by atoms with Gasteiger partial charge in [0, 0.05) is 17.5 Å². The predicted octanol–water partition coefficient (Wildman–Crippen LogP) is 0.649. The van der Waals surface area contributed by atoms with Crippen LogP contribution in [0.4, 0.5) is 0 Å². The third kappa shape index (κ3) is 4.94. The quantitative estimate of drug-likeness (QED) is 0.615. The van der Waals surface area contributed by atoms with E-state index in [0.717, 1.165) is 5.56 Å². The second kappa shape index (κ2) is 8.18. The maximum absolute atomic E-state index is 12.0. The molecule has 0 aliphatic rings. The lowest BCUT2D eigenvalue weighted by Crippen LogP contribution is -2.50. The number of carbonyl (C=O) groups is 2. The summed E-state index contributed by atoms with van der Waals surface area (Å²) in [5, 5.41) is 14.4. The highest BCUT2D eigenvalue weighted by atomic mass is 16.5. The molecule has 0 unspecified atom stereocenters. The van der Waals surface area contributed by atoms with Crippen molar-refractivity contribution in [2.24, 2.45) is 0 Å². The highest BCUT2D eigenvalue weighted by Crippen LogP contribution is 2.19. The molecule has 0 bridgehead atoms. The van der Waals surface area contributed by atoms with E-state index in [1.54, 1.807) is 42.5 Å². The number of amides is 1. The normalized spacial score (nSPS) is 11.7. The summed E-state index contributed by atoms with van der Waals surface area (Å²) in [4.78, 5) is 34.6. The molecule has 138 valence electrons. The van der Waals surface area contributed by atoms with E-state index in [-0.39, 0.29) is 13.0 Å². The van der Waals surface area contributed by atoms with Crippen LogP contribution in [0.25, 0.3) is 11.0 Å². The number of carbonyl (C=O) groups excluding carboxylic acids is 2. The Morgan fingerprint density at radius 3 is 2.56 bits per heavy atom. The molecule has 1 heterocycles. The Kier molecular flexibility index (Phi) is 5.51. The maximum atomic E-state index is 12.0. The zero-order valence-corrected chi connectivity index (χ0v) is 14.2. The standard InChI is InChI=1S/C20H17NO6/c22-18(21-16(20(24)25)10-13-4-2-1-3-5-13)12-26-15-8-6-14-7-9-19(23)27-17(14)11-15/h1-9,11,16H,10,12H2,(H,21,22)(H,24,25)/p-1/t16-/m1/s1. The topological polar surface area (TPSA) is 109 Å². The second-order valence-corrected chi connectivity index (χ2v) is 5.87. The van der Waals surface area contributed by atoms with Crippen LogP contribution in [-0.2, 0) is 16.0 Å². The van der Waals surface area contributed by atoms with Crippen molar-refractivity contribution in [1.82, 2.24) is 5.32 Å². The molecule has 3 aromatic rings.